The second-order valence-corrected chi connectivity index (χ2v) is 3.22. The first-order chi connectivity index (χ1) is 5.85. The van der Waals surface area contributed by atoms with E-state index in [1.807, 2.05) is 0 Å². The first-order valence-electron chi connectivity index (χ1n) is 3.55. The van der Waals surface area contributed by atoms with Gasteiger partial charge >= 0.3 is 8.60 Å². The highest BCUT2D eigenvalue weighted by atomic mass is 31.2. The molecule has 0 spiro atoms. The minimum absolute atomic E-state index is 0.473. The average Bonchev–Trinajstić information content (AvgIpc) is 2.11. The Morgan fingerprint density at radius 3 is 2.42 bits per heavy atom. The summed E-state index contributed by atoms with van der Waals surface area (Å²) in [6, 6.07) is 0. The van der Waals surface area contributed by atoms with Gasteiger partial charge in [-0.25, -0.2) is 0 Å². The summed E-state index contributed by atoms with van der Waals surface area (Å²) in [5, 5.41) is 0. The van der Waals surface area contributed by atoms with E-state index in [2.05, 4.69) is 6.58 Å². The van der Waals surface area contributed by atoms with Crippen molar-refractivity contribution in [2.75, 3.05) is 34.0 Å². The zero-order valence-corrected chi connectivity index (χ0v) is 8.38. The lowest BCUT2D eigenvalue weighted by Gasteiger charge is -2.10. The van der Waals surface area contributed by atoms with Crippen LogP contribution in [0.1, 0.15) is 0 Å². The van der Waals surface area contributed by atoms with E-state index in [0.29, 0.717) is 19.8 Å². The number of ether oxygens (including phenoxy) is 1. The van der Waals surface area contributed by atoms with Crippen LogP contribution < -0.4 is 0 Å². The van der Waals surface area contributed by atoms with E-state index in [0.717, 1.165) is 0 Å². The van der Waals surface area contributed by atoms with Crippen LogP contribution in [-0.4, -0.2) is 34.0 Å². The van der Waals surface area contributed by atoms with Gasteiger partial charge in [-0.2, -0.15) is 0 Å². The normalized spacial score (nSPS) is 10.6. The predicted molar refractivity (Wildman–Crippen MR) is 47.9 cm³/mol. The van der Waals surface area contributed by atoms with E-state index in [9.17, 15) is 0 Å². The smallest absolute Gasteiger partial charge is 0.332 e. The minimum atomic E-state index is -1.18. The molecule has 0 heterocycles. The van der Waals surface area contributed by atoms with Gasteiger partial charge in [0.2, 0.25) is 0 Å². The van der Waals surface area contributed by atoms with E-state index in [1.54, 1.807) is 20.3 Å². The van der Waals surface area contributed by atoms with Gasteiger partial charge in [0.25, 0.3) is 0 Å². The van der Waals surface area contributed by atoms with E-state index in [1.165, 1.54) is 0 Å². The first kappa shape index (κ1) is 12.0. The van der Waals surface area contributed by atoms with Crippen LogP contribution in [0.3, 0.4) is 0 Å². The summed E-state index contributed by atoms with van der Waals surface area (Å²) in [4.78, 5) is 0. The lowest BCUT2D eigenvalue weighted by atomic mass is 10.7. The van der Waals surface area contributed by atoms with Gasteiger partial charge in [0.15, 0.2) is 0 Å². The largest absolute Gasteiger partial charge is 0.375 e. The Hall–Kier alpha value is 0.0100. The Morgan fingerprint density at radius 2 is 1.92 bits per heavy atom. The Balaban J connectivity index is 3.11. The van der Waals surface area contributed by atoms with Crippen LogP contribution in [0.4, 0.5) is 0 Å². The highest BCUT2D eigenvalue weighted by Crippen LogP contribution is 2.36. The summed E-state index contributed by atoms with van der Waals surface area (Å²) in [6.45, 7) is 5.06. The lowest BCUT2D eigenvalue weighted by molar-refractivity contribution is 0.107. The minimum Gasteiger partial charge on any atom is -0.375 e. The third kappa shape index (κ3) is 6.70. The van der Waals surface area contributed by atoms with Gasteiger partial charge in [-0.05, 0) is 0 Å². The molecule has 0 aromatic rings. The van der Waals surface area contributed by atoms with E-state index in [4.69, 9.17) is 18.3 Å². The second kappa shape index (κ2) is 9.10. The Morgan fingerprint density at radius 1 is 1.25 bits per heavy atom. The van der Waals surface area contributed by atoms with Crippen molar-refractivity contribution in [1.82, 2.24) is 0 Å². The molecule has 0 bridgehead atoms. The summed E-state index contributed by atoms with van der Waals surface area (Å²) in [6.07, 6.45) is 1.69. The lowest BCUT2D eigenvalue weighted by Crippen LogP contribution is -2.02. The summed E-state index contributed by atoms with van der Waals surface area (Å²) in [7, 11) is 1.90. The molecule has 72 valence electrons. The van der Waals surface area contributed by atoms with Crippen molar-refractivity contribution < 1.29 is 18.3 Å². The van der Waals surface area contributed by atoms with Gasteiger partial charge in [-0.1, -0.05) is 6.08 Å². The van der Waals surface area contributed by atoms with Crippen LogP contribution in [0.5, 0.6) is 0 Å². The Kier molecular flexibility index (Phi) is 9.11. The van der Waals surface area contributed by atoms with E-state index < -0.39 is 8.60 Å². The van der Waals surface area contributed by atoms with Crippen molar-refractivity contribution in [3.8, 4) is 0 Å². The van der Waals surface area contributed by atoms with Crippen LogP contribution in [0.25, 0.3) is 0 Å². The molecule has 0 aromatic carbocycles. The molecule has 4 nitrogen and oxygen atoms in total. The maximum atomic E-state index is 5.15. The van der Waals surface area contributed by atoms with Crippen LogP contribution in [0, 0.1) is 0 Å². The van der Waals surface area contributed by atoms with Crippen molar-refractivity contribution in [3.63, 3.8) is 0 Å². The topological polar surface area (TPSA) is 36.9 Å². The first-order valence-corrected chi connectivity index (χ1v) is 4.64. The van der Waals surface area contributed by atoms with Gasteiger partial charge in [0.05, 0.1) is 19.8 Å². The van der Waals surface area contributed by atoms with Crippen molar-refractivity contribution >= 4 is 8.60 Å². The zero-order chi connectivity index (χ0) is 9.23. The van der Waals surface area contributed by atoms with Crippen LogP contribution in [0.2, 0.25) is 0 Å². The molecule has 0 atom stereocenters. The highest BCUT2D eigenvalue weighted by Gasteiger charge is 2.05. The van der Waals surface area contributed by atoms with E-state index >= 15 is 0 Å². The SMILES string of the molecule is C=CCOCCOP(OC)OC. The molecule has 0 amide bonds. The number of hydrogen-bond acceptors (Lipinski definition) is 4. The molecule has 0 aliphatic carbocycles. The van der Waals surface area contributed by atoms with Crippen molar-refractivity contribution in [2.45, 2.75) is 0 Å². The summed E-state index contributed by atoms with van der Waals surface area (Å²) in [5.41, 5.74) is 0. The molecule has 0 saturated heterocycles. The van der Waals surface area contributed by atoms with Crippen LogP contribution in [0.15, 0.2) is 12.7 Å². The molecule has 0 saturated carbocycles. The third-order valence-electron chi connectivity index (χ3n) is 0.958. The van der Waals surface area contributed by atoms with Crippen molar-refractivity contribution in [1.29, 1.82) is 0 Å². The molecule has 0 rings (SSSR count). The highest BCUT2D eigenvalue weighted by molar-refractivity contribution is 7.41. The van der Waals surface area contributed by atoms with Crippen molar-refractivity contribution in [2.24, 2.45) is 0 Å². The molecule has 0 N–H and O–H groups in total. The van der Waals surface area contributed by atoms with Gasteiger partial charge in [-0.3, -0.25) is 0 Å². The van der Waals surface area contributed by atoms with Gasteiger partial charge < -0.3 is 18.3 Å². The molecule has 0 radical (unpaired) electrons. The van der Waals surface area contributed by atoms with Gasteiger partial charge in [0, 0.05) is 14.2 Å². The Labute approximate surface area is 74.5 Å². The monoisotopic (exact) mass is 194 g/mol. The van der Waals surface area contributed by atoms with Gasteiger partial charge in [-0.15, -0.1) is 6.58 Å². The molecular formula is C7H15O4P. The zero-order valence-electron chi connectivity index (χ0n) is 7.49. The molecule has 0 aromatic heterocycles. The maximum absolute atomic E-state index is 5.15. The van der Waals surface area contributed by atoms with Gasteiger partial charge in [0.1, 0.15) is 0 Å². The summed E-state index contributed by atoms with van der Waals surface area (Å²) < 4.78 is 19.9. The third-order valence-corrected chi connectivity index (χ3v) is 1.95. The quantitative estimate of drug-likeness (QED) is 0.335. The predicted octanol–water partition coefficient (Wildman–Crippen LogP) is 1.73. The molecule has 12 heavy (non-hydrogen) atoms. The molecule has 5 heteroatoms. The second-order valence-electron chi connectivity index (χ2n) is 1.79. The fourth-order valence-corrected chi connectivity index (χ4v) is 1.10. The van der Waals surface area contributed by atoms with Crippen LogP contribution in [-0.2, 0) is 18.3 Å². The molecule has 0 unspecified atom stereocenters. The molecule has 0 aliphatic rings. The summed E-state index contributed by atoms with van der Waals surface area (Å²) in [5.74, 6) is 0. The molecule has 0 aliphatic heterocycles. The average molecular weight is 194 g/mol. The summed E-state index contributed by atoms with van der Waals surface area (Å²) >= 11 is 0. The standard InChI is InChI=1S/C7H15O4P/c1-4-5-10-6-7-11-12(8-2)9-3/h4H,1,5-7H2,2-3H3. The molecule has 0 fully saturated rings. The number of hydrogen-bond donors (Lipinski definition) is 0. The fourth-order valence-electron chi connectivity index (χ4n) is 0.517. The fraction of sp³-hybridized carbons (Fsp3) is 0.714. The Bertz CT molecular complexity index is 106. The van der Waals surface area contributed by atoms with Crippen LogP contribution >= 0.6 is 8.60 Å². The van der Waals surface area contributed by atoms with Crippen molar-refractivity contribution in [3.05, 3.63) is 12.7 Å². The number of rotatable bonds is 8. The maximum Gasteiger partial charge on any atom is 0.332 e. The molecular weight excluding hydrogens is 179 g/mol. The van der Waals surface area contributed by atoms with E-state index in [-0.39, 0.29) is 0 Å².